The van der Waals surface area contributed by atoms with E-state index in [0.717, 1.165) is 78.4 Å². The molecule has 4 aromatic heterocycles. The van der Waals surface area contributed by atoms with E-state index in [4.69, 9.17) is 4.98 Å². The minimum absolute atomic E-state index is 0. The van der Waals surface area contributed by atoms with Crippen LogP contribution >= 0.6 is 0 Å². The van der Waals surface area contributed by atoms with Gasteiger partial charge in [-0.1, -0.05) is 6.07 Å². The van der Waals surface area contributed by atoms with E-state index in [1.54, 1.807) is 10.7 Å². The van der Waals surface area contributed by atoms with Crippen LogP contribution in [-0.4, -0.2) is 57.2 Å². The van der Waals surface area contributed by atoms with Crippen LogP contribution in [0.3, 0.4) is 0 Å². The number of nitrogens with zero attached hydrogens (tertiary/aromatic N) is 7. The molecule has 0 radical (unpaired) electrons. The molecule has 0 bridgehead atoms. The average molecular weight is 524 g/mol. The SMILES string of the molecule is N#Cc1cnn2cc(-c3cc[c-]cc3)cc(-c3ccc(N4CCN(CCc5ccccn5)CC4)nc3)c12.[K+]. The summed E-state index contributed by atoms with van der Waals surface area (Å²) in [7, 11) is 0. The summed E-state index contributed by atoms with van der Waals surface area (Å²) in [5, 5.41) is 14.1. The molecule has 8 heteroatoms. The van der Waals surface area contributed by atoms with Gasteiger partial charge in [0, 0.05) is 74.6 Å². The van der Waals surface area contributed by atoms with Crippen LogP contribution in [0.25, 0.3) is 27.8 Å². The molecular formula is C30H26KN7. The Morgan fingerprint density at radius 1 is 0.895 bits per heavy atom. The number of pyridine rings is 3. The number of benzene rings is 1. The monoisotopic (exact) mass is 523 g/mol. The minimum Gasteiger partial charge on any atom is -0.354 e. The van der Waals surface area contributed by atoms with Crippen molar-refractivity contribution in [1.29, 1.82) is 5.26 Å². The average Bonchev–Trinajstić information content (AvgIpc) is 3.40. The van der Waals surface area contributed by atoms with Gasteiger partial charge in [-0.25, -0.2) is 9.50 Å². The second kappa shape index (κ2) is 12.3. The Kier molecular flexibility index (Phi) is 8.64. The summed E-state index contributed by atoms with van der Waals surface area (Å²) in [6.07, 6.45) is 8.33. The van der Waals surface area contributed by atoms with Gasteiger partial charge in [-0.15, -0.1) is 5.56 Å². The molecule has 1 aliphatic rings. The topological polar surface area (TPSA) is 73.4 Å². The van der Waals surface area contributed by atoms with Crippen LogP contribution in [0.15, 0.2) is 85.5 Å². The zero-order valence-corrected chi connectivity index (χ0v) is 24.6. The maximum Gasteiger partial charge on any atom is 1.00 e. The number of anilines is 1. The summed E-state index contributed by atoms with van der Waals surface area (Å²) in [6.45, 7) is 4.93. The summed E-state index contributed by atoms with van der Waals surface area (Å²) in [4.78, 5) is 14.1. The number of piperazine rings is 1. The summed E-state index contributed by atoms with van der Waals surface area (Å²) in [6, 6.07) is 25.6. The first-order valence-electron chi connectivity index (χ1n) is 12.5. The Morgan fingerprint density at radius 3 is 2.45 bits per heavy atom. The standard InChI is InChI=1S/C30H26N7.K/c31-19-26-21-34-37-22-25(23-6-2-1-3-7-23)18-28(30(26)37)24-9-10-29(33-20-24)36-16-14-35(15-17-36)13-11-27-8-4-5-12-32-27;/h2-10,12,18,20-22H,11,13-17H2;/q-1;+1. The second-order valence-electron chi connectivity index (χ2n) is 9.20. The van der Waals surface area contributed by atoms with Crippen LogP contribution < -0.4 is 56.3 Å². The third-order valence-corrected chi connectivity index (χ3v) is 6.95. The number of rotatable bonds is 6. The van der Waals surface area contributed by atoms with Crippen molar-refractivity contribution in [2.45, 2.75) is 6.42 Å². The molecule has 182 valence electrons. The maximum atomic E-state index is 9.68. The van der Waals surface area contributed by atoms with E-state index in [0.29, 0.717) is 5.56 Å². The number of fused-ring (bicyclic) bond motifs is 1. The van der Waals surface area contributed by atoms with Crippen molar-refractivity contribution in [3.8, 4) is 28.3 Å². The normalized spacial score (nSPS) is 13.7. The molecule has 0 aliphatic carbocycles. The molecule has 0 saturated carbocycles. The molecule has 38 heavy (non-hydrogen) atoms. The van der Waals surface area contributed by atoms with Gasteiger partial charge in [0.15, 0.2) is 0 Å². The van der Waals surface area contributed by atoms with Crippen LogP contribution in [0.1, 0.15) is 11.3 Å². The van der Waals surface area contributed by atoms with Crippen molar-refractivity contribution in [3.63, 3.8) is 0 Å². The Hall–Kier alpha value is -2.90. The molecule has 5 heterocycles. The van der Waals surface area contributed by atoms with Crippen LogP contribution in [-0.2, 0) is 6.42 Å². The van der Waals surface area contributed by atoms with Gasteiger partial charge in [-0.05, 0) is 35.9 Å². The first kappa shape index (κ1) is 26.7. The third kappa shape index (κ3) is 5.74. The van der Waals surface area contributed by atoms with Crippen molar-refractivity contribution in [1.82, 2.24) is 24.5 Å². The molecule has 0 amide bonds. The van der Waals surface area contributed by atoms with E-state index in [2.05, 4.69) is 56.3 Å². The molecule has 0 unspecified atom stereocenters. The number of aromatic nitrogens is 4. The predicted octanol–water partition coefficient (Wildman–Crippen LogP) is 1.50. The van der Waals surface area contributed by atoms with Crippen molar-refractivity contribution in [2.75, 3.05) is 37.6 Å². The summed E-state index contributed by atoms with van der Waals surface area (Å²) >= 11 is 0. The minimum atomic E-state index is 0. The Labute approximate surface area is 265 Å². The molecule has 1 aromatic carbocycles. The Balaban J connectivity index is 0.00000294. The fraction of sp³-hybridized carbons (Fsp3) is 0.200. The van der Waals surface area contributed by atoms with Crippen LogP contribution in [0, 0.1) is 17.4 Å². The van der Waals surface area contributed by atoms with Crippen molar-refractivity contribution in [3.05, 3.63) is 103 Å². The quantitative estimate of drug-likeness (QED) is 0.248. The zero-order chi connectivity index (χ0) is 25.0. The summed E-state index contributed by atoms with van der Waals surface area (Å²) in [5.41, 5.74) is 6.49. The molecule has 0 N–H and O–H groups in total. The van der Waals surface area contributed by atoms with Crippen LogP contribution in [0.5, 0.6) is 0 Å². The number of nitriles is 1. The molecule has 7 nitrogen and oxygen atoms in total. The van der Waals surface area contributed by atoms with Gasteiger partial charge in [-0.3, -0.25) is 9.88 Å². The van der Waals surface area contributed by atoms with Gasteiger partial charge >= 0.3 is 51.4 Å². The summed E-state index contributed by atoms with van der Waals surface area (Å²) in [5.74, 6) is 0.980. The van der Waals surface area contributed by atoms with Gasteiger partial charge in [0.05, 0.1) is 17.3 Å². The zero-order valence-electron chi connectivity index (χ0n) is 21.5. The van der Waals surface area contributed by atoms with E-state index in [-0.39, 0.29) is 51.4 Å². The molecule has 0 spiro atoms. The molecule has 1 saturated heterocycles. The maximum absolute atomic E-state index is 9.68. The smallest absolute Gasteiger partial charge is 0.354 e. The largest absolute Gasteiger partial charge is 1.00 e. The number of hydrogen-bond acceptors (Lipinski definition) is 6. The van der Waals surface area contributed by atoms with Gasteiger partial charge in [0.2, 0.25) is 0 Å². The van der Waals surface area contributed by atoms with Crippen molar-refractivity contribution < 1.29 is 51.4 Å². The molecule has 5 aromatic rings. The number of hydrogen-bond donors (Lipinski definition) is 0. The molecule has 1 fully saturated rings. The molecule has 6 rings (SSSR count). The fourth-order valence-corrected chi connectivity index (χ4v) is 4.91. The first-order valence-corrected chi connectivity index (χ1v) is 12.5. The van der Waals surface area contributed by atoms with Gasteiger partial charge < -0.3 is 4.90 Å². The second-order valence-corrected chi connectivity index (χ2v) is 9.20. The summed E-state index contributed by atoms with van der Waals surface area (Å²) < 4.78 is 1.79. The molecule has 1 aliphatic heterocycles. The van der Waals surface area contributed by atoms with Crippen LogP contribution in [0.4, 0.5) is 5.82 Å². The van der Waals surface area contributed by atoms with E-state index in [1.165, 1.54) is 0 Å². The third-order valence-electron chi connectivity index (χ3n) is 6.95. The van der Waals surface area contributed by atoms with Gasteiger partial charge in [0.1, 0.15) is 11.9 Å². The van der Waals surface area contributed by atoms with Crippen molar-refractivity contribution in [2.24, 2.45) is 0 Å². The van der Waals surface area contributed by atoms with Gasteiger partial charge in [-0.2, -0.15) is 40.7 Å². The first-order chi connectivity index (χ1) is 18.3. The van der Waals surface area contributed by atoms with E-state index in [9.17, 15) is 5.26 Å². The fourth-order valence-electron chi connectivity index (χ4n) is 4.91. The Bertz CT molecular complexity index is 1540. The predicted molar refractivity (Wildman–Crippen MR) is 144 cm³/mol. The Morgan fingerprint density at radius 2 is 1.74 bits per heavy atom. The van der Waals surface area contributed by atoms with Crippen LogP contribution in [0.2, 0.25) is 0 Å². The van der Waals surface area contributed by atoms with E-state index in [1.807, 2.05) is 55.0 Å². The molecule has 0 atom stereocenters. The van der Waals surface area contributed by atoms with E-state index >= 15 is 0 Å². The van der Waals surface area contributed by atoms with Gasteiger partial charge in [0.25, 0.3) is 0 Å². The van der Waals surface area contributed by atoms with Crippen molar-refractivity contribution >= 4 is 11.3 Å². The molecular weight excluding hydrogens is 497 g/mol. The van der Waals surface area contributed by atoms with E-state index < -0.39 is 0 Å².